The lowest BCUT2D eigenvalue weighted by molar-refractivity contribution is -0.132. The van der Waals surface area contributed by atoms with Gasteiger partial charge >= 0.3 is 0 Å². The fourth-order valence-corrected chi connectivity index (χ4v) is 3.97. The Morgan fingerprint density at radius 2 is 1.91 bits per heavy atom. The number of halogens is 1. The van der Waals surface area contributed by atoms with E-state index < -0.39 is 17.6 Å². The van der Waals surface area contributed by atoms with Crippen molar-refractivity contribution in [3.05, 3.63) is 34.9 Å². The third-order valence-corrected chi connectivity index (χ3v) is 5.93. The number of benzene rings is 1. The highest BCUT2D eigenvalue weighted by molar-refractivity contribution is 6.30. The molecule has 1 unspecified atom stereocenters. The second-order valence-electron chi connectivity index (χ2n) is 9.07. The van der Waals surface area contributed by atoms with Crippen molar-refractivity contribution in [2.45, 2.75) is 64.3 Å². The standard InChI is InChI=1S/C23H35ClN4O4/c1-14(2)11-18(22(31)28-19(25-4)12-15-9-10-26-21(15)30)27-20(29)13-23(3,32)16-5-7-17(24)8-6-16/h5-8,14-15,18-19,25,32H,9-13H2,1-4H3,(H,26,30)(H,27,29)(H,28,31)/t15-,18-,19-,23?/m0/s1. The molecule has 1 heterocycles. The van der Waals surface area contributed by atoms with Crippen molar-refractivity contribution in [3.8, 4) is 0 Å². The quantitative estimate of drug-likeness (QED) is 0.318. The Hall–Kier alpha value is -2.16. The topological polar surface area (TPSA) is 120 Å². The molecular formula is C23H35ClN4O4. The van der Waals surface area contributed by atoms with E-state index in [9.17, 15) is 19.5 Å². The molecule has 2 rings (SSSR count). The number of carbonyl (C=O) groups is 3. The van der Waals surface area contributed by atoms with Crippen LogP contribution < -0.4 is 21.3 Å². The van der Waals surface area contributed by atoms with Crippen molar-refractivity contribution in [2.75, 3.05) is 13.6 Å². The molecule has 1 aliphatic rings. The van der Waals surface area contributed by atoms with Crippen molar-refractivity contribution in [1.29, 1.82) is 0 Å². The summed E-state index contributed by atoms with van der Waals surface area (Å²) in [6.45, 7) is 6.13. The van der Waals surface area contributed by atoms with Crippen LogP contribution in [0.25, 0.3) is 0 Å². The van der Waals surface area contributed by atoms with Gasteiger partial charge in [-0.15, -0.1) is 0 Å². The molecule has 3 amide bonds. The fourth-order valence-electron chi connectivity index (χ4n) is 3.85. The predicted octanol–water partition coefficient (Wildman–Crippen LogP) is 1.66. The molecule has 5 N–H and O–H groups in total. The fraction of sp³-hybridized carbons (Fsp3) is 0.609. The second kappa shape index (κ2) is 11.6. The van der Waals surface area contributed by atoms with Crippen LogP contribution in [0.5, 0.6) is 0 Å². The van der Waals surface area contributed by atoms with Crippen LogP contribution >= 0.6 is 11.6 Å². The van der Waals surface area contributed by atoms with E-state index in [2.05, 4.69) is 21.3 Å². The van der Waals surface area contributed by atoms with E-state index >= 15 is 0 Å². The van der Waals surface area contributed by atoms with Crippen molar-refractivity contribution >= 4 is 29.3 Å². The summed E-state index contributed by atoms with van der Waals surface area (Å²) in [7, 11) is 1.72. The van der Waals surface area contributed by atoms with Gasteiger partial charge in [0.25, 0.3) is 0 Å². The van der Waals surface area contributed by atoms with Gasteiger partial charge in [0, 0.05) is 17.5 Å². The van der Waals surface area contributed by atoms with Crippen LogP contribution in [-0.4, -0.2) is 48.6 Å². The number of hydrogen-bond donors (Lipinski definition) is 5. The minimum Gasteiger partial charge on any atom is -0.385 e. The van der Waals surface area contributed by atoms with Crippen molar-refractivity contribution in [3.63, 3.8) is 0 Å². The maximum atomic E-state index is 13.0. The molecular weight excluding hydrogens is 432 g/mol. The summed E-state index contributed by atoms with van der Waals surface area (Å²) in [5, 5.41) is 22.8. The lowest BCUT2D eigenvalue weighted by Gasteiger charge is -2.27. The number of nitrogens with one attached hydrogen (secondary N) is 4. The minimum absolute atomic E-state index is 0.00374. The Morgan fingerprint density at radius 1 is 1.25 bits per heavy atom. The molecule has 0 bridgehead atoms. The van der Waals surface area contributed by atoms with E-state index in [1.807, 2.05) is 13.8 Å². The van der Waals surface area contributed by atoms with E-state index in [0.717, 1.165) is 6.42 Å². The maximum Gasteiger partial charge on any atom is 0.243 e. The summed E-state index contributed by atoms with van der Waals surface area (Å²) in [6.07, 6.45) is 1.07. The lowest BCUT2D eigenvalue weighted by atomic mass is 9.92. The highest BCUT2D eigenvalue weighted by Gasteiger charge is 2.31. The van der Waals surface area contributed by atoms with Gasteiger partial charge in [0.2, 0.25) is 17.7 Å². The molecule has 1 saturated heterocycles. The van der Waals surface area contributed by atoms with Gasteiger partial charge in [-0.1, -0.05) is 37.6 Å². The van der Waals surface area contributed by atoms with Crippen molar-refractivity contribution in [2.24, 2.45) is 11.8 Å². The average molecular weight is 467 g/mol. The Balaban J connectivity index is 2.01. The number of hydrogen-bond acceptors (Lipinski definition) is 5. The van der Waals surface area contributed by atoms with Gasteiger partial charge in [-0.3, -0.25) is 14.4 Å². The average Bonchev–Trinajstić information content (AvgIpc) is 3.10. The third kappa shape index (κ3) is 7.76. The van der Waals surface area contributed by atoms with Gasteiger partial charge < -0.3 is 26.4 Å². The minimum atomic E-state index is -1.41. The molecule has 178 valence electrons. The largest absolute Gasteiger partial charge is 0.385 e. The normalized spacial score (nSPS) is 19.7. The Bertz CT molecular complexity index is 798. The summed E-state index contributed by atoms with van der Waals surface area (Å²) >= 11 is 5.90. The summed E-state index contributed by atoms with van der Waals surface area (Å²) in [4.78, 5) is 37.6. The molecule has 32 heavy (non-hydrogen) atoms. The van der Waals surface area contributed by atoms with Crippen LogP contribution in [0.1, 0.15) is 52.0 Å². The number of carbonyl (C=O) groups excluding carboxylic acids is 3. The molecule has 1 aliphatic heterocycles. The first-order chi connectivity index (χ1) is 15.0. The van der Waals surface area contributed by atoms with Gasteiger partial charge in [0.05, 0.1) is 18.2 Å². The SMILES string of the molecule is CN[C@H](C[C@@H]1CCNC1=O)NC(=O)[C@H](CC(C)C)NC(=O)CC(C)(O)c1ccc(Cl)cc1. The Morgan fingerprint density at radius 3 is 2.44 bits per heavy atom. The molecule has 0 saturated carbocycles. The lowest BCUT2D eigenvalue weighted by Crippen LogP contribution is -2.54. The van der Waals surface area contributed by atoms with Crippen LogP contribution in [0.15, 0.2) is 24.3 Å². The number of amides is 3. The first kappa shape index (κ1) is 26.1. The highest BCUT2D eigenvalue weighted by Crippen LogP contribution is 2.26. The van der Waals surface area contributed by atoms with E-state index in [4.69, 9.17) is 11.6 Å². The van der Waals surface area contributed by atoms with E-state index in [0.29, 0.717) is 30.0 Å². The summed E-state index contributed by atoms with van der Waals surface area (Å²) < 4.78 is 0. The second-order valence-corrected chi connectivity index (χ2v) is 9.51. The summed E-state index contributed by atoms with van der Waals surface area (Å²) in [5.74, 6) is -0.745. The number of rotatable bonds is 11. The van der Waals surface area contributed by atoms with Crippen LogP contribution in [0, 0.1) is 11.8 Å². The van der Waals surface area contributed by atoms with Crippen molar-refractivity contribution < 1.29 is 19.5 Å². The van der Waals surface area contributed by atoms with Gasteiger partial charge in [0.15, 0.2) is 0 Å². The smallest absolute Gasteiger partial charge is 0.243 e. The van der Waals surface area contributed by atoms with Crippen LogP contribution in [0.3, 0.4) is 0 Å². The zero-order valence-electron chi connectivity index (χ0n) is 19.2. The Kier molecular flexibility index (Phi) is 9.48. The van der Waals surface area contributed by atoms with E-state index in [1.54, 1.807) is 38.2 Å². The zero-order valence-corrected chi connectivity index (χ0v) is 20.0. The molecule has 1 fully saturated rings. The van der Waals surface area contributed by atoms with Crippen LogP contribution in [-0.2, 0) is 20.0 Å². The molecule has 1 aromatic carbocycles. The predicted molar refractivity (Wildman–Crippen MR) is 124 cm³/mol. The van der Waals surface area contributed by atoms with Crippen LogP contribution in [0.2, 0.25) is 5.02 Å². The molecule has 0 aromatic heterocycles. The highest BCUT2D eigenvalue weighted by atomic mass is 35.5. The third-order valence-electron chi connectivity index (χ3n) is 5.68. The number of aliphatic hydroxyl groups is 1. The first-order valence-corrected chi connectivity index (χ1v) is 11.4. The molecule has 8 nitrogen and oxygen atoms in total. The maximum absolute atomic E-state index is 13.0. The van der Waals surface area contributed by atoms with Crippen molar-refractivity contribution in [1.82, 2.24) is 21.3 Å². The molecule has 4 atom stereocenters. The van der Waals surface area contributed by atoms with E-state index in [1.165, 1.54) is 0 Å². The monoisotopic (exact) mass is 466 g/mol. The molecule has 1 aromatic rings. The van der Waals surface area contributed by atoms with Gasteiger partial charge in [0.1, 0.15) is 6.04 Å². The zero-order chi connectivity index (χ0) is 23.9. The first-order valence-electron chi connectivity index (χ1n) is 11.0. The van der Waals surface area contributed by atoms with Crippen LogP contribution in [0.4, 0.5) is 0 Å². The Labute approximate surface area is 194 Å². The summed E-state index contributed by atoms with van der Waals surface area (Å²) in [6, 6.07) is 5.90. The summed E-state index contributed by atoms with van der Waals surface area (Å²) in [5.41, 5.74) is -0.844. The molecule has 9 heteroatoms. The molecule has 0 radical (unpaired) electrons. The van der Waals surface area contributed by atoms with Gasteiger partial charge in [-0.05, 0) is 56.8 Å². The van der Waals surface area contributed by atoms with Gasteiger partial charge in [-0.25, -0.2) is 0 Å². The molecule has 0 spiro atoms. The van der Waals surface area contributed by atoms with Gasteiger partial charge in [-0.2, -0.15) is 0 Å². The van der Waals surface area contributed by atoms with E-state index in [-0.39, 0.29) is 36.2 Å². The molecule has 0 aliphatic carbocycles.